The minimum Gasteiger partial charge on any atom is -0.444 e. The van der Waals surface area contributed by atoms with Crippen LogP contribution in [0.5, 0.6) is 0 Å². The largest absolute Gasteiger partial charge is 0.444 e. The average Bonchev–Trinajstić information content (AvgIpc) is 3.20. The molecule has 3 rings (SSSR count). The molecule has 1 aromatic heterocycles. The van der Waals surface area contributed by atoms with Gasteiger partial charge in [0.25, 0.3) is 0 Å². The van der Waals surface area contributed by atoms with Crippen molar-refractivity contribution in [3.05, 3.63) is 42.3 Å². The number of benzene rings is 1. The highest BCUT2D eigenvalue weighted by Gasteiger charge is 2.16. The SMILES string of the molecule is O=C(NCCc1coc(-c2ccccc2)n1)NC1CCCC1. The molecule has 0 saturated heterocycles. The van der Waals surface area contributed by atoms with E-state index in [1.165, 1.54) is 12.8 Å². The topological polar surface area (TPSA) is 67.2 Å². The molecule has 1 aromatic carbocycles. The van der Waals surface area contributed by atoms with Crippen LogP contribution < -0.4 is 10.6 Å². The summed E-state index contributed by atoms with van der Waals surface area (Å²) in [5.74, 6) is 0.617. The zero-order valence-corrected chi connectivity index (χ0v) is 12.5. The van der Waals surface area contributed by atoms with Crippen LogP contribution in [0.1, 0.15) is 31.4 Å². The van der Waals surface area contributed by atoms with E-state index in [0.29, 0.717) is 24.9 Å². The number of aromatic nitrogens is 1. The van der Waals surface area contributed by atoms with Gasteiger partial charge in [-0.25, -0.2) is 9.78 Å². The molecule has 1 heterocycles. The van der Waals surface area contributed by atoms with E-state index in [2.05, 4.69) is 15.6 Å². The van der Waals surface area contributed by atoms with Crippen LogP contribution in [0.3, 0.4) is 0 Å². The molecule has 116 valence electrons. The standard InChI is InChI=1S/C17H21N3O2/c21-17(20-14-8-4-5-9-14)18-11-10-15-12-22-16(19-15)13-6-2-1-3-7-13/h1-3,6-7,12,14H,4-5,8-11H2,(H2,18,20,21). The quantitative estimate of drug-likeness (QED) is 0.891. The molecular weight excluding hydrogens is 278 g/mol. The molecule has 0 unspecified atom stereocenters. The fourth-order valence-electron chi connectivity index (χ4n) is 2.75. The second-order valence-corrected chi connectivity index (χ2v) is 5.64. The first-order chi connectivity index (χ1) is 10.8. The Balaban J connectivity index is 1.44. The number of hydrogen-bond acceptors (Lipinski definition) is 3. The lowest BCUT2D eigenvalue weighted by Gasteiger charge is -2.12. The lowest BCUT2D eigenvalue weighted by molar-refractivity contribution is 0.237. The van der Waals surface area contributed by atoms with Gasteiger partial charge in [0.2, 0.25) is 5.89 Å². The van der Waals surface area contributed by atoms with E-state index in [1.54, 1.807) is 6.26 Å². The molecule has 2 N–H and O–H groups in total. The summed E-state index contributed by atoms with van der Waals surface area (Å²) in [4.78, 5) is 16.2. The molecule has 1 aliphatic carbocycles. The molecule has 0 spiro atoms. The van der Waals surface area contributed by atoms with Crippen molar-refractivity contribution in [3.8, 4) is 11.5 Å². The van der Waals surface area contributed by atoms with Crippen LogP contribution in [0, 0.1) is 0 Å². The number of carbonyl (C=O) groups is 1. The Bertz CT molecular complexity index is 603. The highest BCUT2D eigenvalue weighted by molar-refractivity contribution is 5.74. The summed E-state index contributed by atoms with van der Waals surface area (Å²) in [6, 6.07) is 10.0. The number of carbonyl (C=O) groups excluding carboxylic acids is 1. The molecular formula is C17H21N3O2. The number of hydrogen-bond donors (Lipinski definition) is 2. The molecule has 0 aliphatic heterocycles. The van der Waals surface area contributed by atoms with E-state index in [0.717, 1.165) is 24.1 Å². The van der Waals surface area contributed by atoms with Gasteiger partial charge in [-0.15, -0.1) is 0 Å². The highest BCUT2D eigenvalue weighted by atomic mass is 16.3. The molecule has 1 aliphatic rings. The van der Waals surface area contributed by atoms with Gasteiger partial charge in [0.15, 0.2) is 0 Å². The molecule has 22 heavy (non-hydrogen) atoms. The van der Waals surface area contributed by atoms with Gasteiger partial charge >= 0.3 is 6.03 Å². The van der Waals surface area contributed by atoms with E-state index in [-0.39, 0.29) is 6.03 Å². The number of nitrogens with one attached hydrogen (secondary N) is 2. The lowest BCUT2D eigenvalue weighted by Crippen LogP contribution is -2.41. The van der Waals surface area contributed by atoms with Gasteiger partial charge in [-0.1, -0.05) is 31.0 Å². The van der Waals surface area contributed by atoms with Gasteiger partial charge in [0, 0.05) is 24.6 Å². The van der Waals surface area contributed by atoms with Crippen molar-refractivity contribution in [2.45, 2.75) is 38.1 Å². The van der Waals surface area contributed by atoms with Gasteiger partial charge in [0.1, 0.15) is 6.26 Å². The third kappa shape index (κ3) is 3.87. The van der Waals surface area contributed by atoms with Crippen LogP contribution in [-0.2, 0) is 6.42 Å². The smallest absolute Gasteiger partial charge is 0.315 e. The van der Waals surface area contributed by atoms with Crippen molar-refractivity contribution < 1.29 is 9.21 Å². The second kappa shape index (κ2) is 7.11. The van der Waals surface area contributed by atoms with E-state index in [1.807, 2.05) is 30.3 Å². The highest BCUT2D eigenvalue weighted by Crippen LogP contribution is 2.18. The normalized spacial score (nSPS) is 14.9. The summed E-state index contributed by atoms with van der Waals surface area (Å²) in [5, 5.41) is 5.88. The first kappa shape index (κ1) is 14.6. The minimum atomic E-state index is -0.0846. The number of nitrogens with zero attached hydrogens (tertiary/aromatic N) is 1. The van der Waals surface area contributed by atoms with Gasteiger partial charge in [-0.05, 0) is 25.0 Å². The minimum absolute atomic E-state index is 0.0846. The predicted octanol–water partition coefficient (Wildman–Crippen LogP) is 3.13. The average molecular weight is 299 g/mol. The number of rotatable bonds is 5. The second-order valence-electron chi connectivity index (χ2n) is 5.64. The Morgan fingerprint density at radius 2 is 2.00 bits per heavy atom. The van der Waals surface area contributed by atoms with E-state index >= 15 is 0 Å². The maximum absolute atomic E-state index is 11.7. The van der Waals surface area contributed by atoms with E-state index in [4.69, 9.17) is 4.42 Å². The van der Waals surface area contributed by atoms with E-state index in [9.17, 15) is 4.79 Å². The number of urea groups is 1. The summed E-state index contributed by atoms with van der Waals surface area (Å²) < 4.78 is 5.48. The van der Waals surface area contributed by atoms with Crippen LogP contribution in [0.4, 0.5) is 4.79 Å². The van der Waals surface area contributed by atoms with Crippen molar-refractivity contribution in [1.82, 2.24) is 15.6 Å². The molecule has 0 radical (unpaired) electrons. The first-order valence-corrected chi connectivity index (χ1v) is 7.85. The van der Waals surface area contributed by atoms with Crippen LogP contribution in [0.25, 0.3) is 11.5 Å². The van der Waals surface area contributed by atoms with Gasteiger partial charge in [0.05, 0.1) is 5.69 Å². The monoisotopic (exact) mass is 299 g/mol. The number of amides is 2. The molecule has 1 fully saturated rings. The molecule has 5 heteroatoms. The summed E-state index contributed by atoms with van der Waals surface area (Å²) in [5.41, 5.74) is 1.81. The molecule has 0 atom stereocenters. The van der Waals surface area contributed by atoms with Crippen LogP contribution in [0.2, 0.25) is 0 Å². The van der Waals surface area contributed by atoms with Crippen LogP contribution in [0.15, 0.2) is 41.0 Å². The maximum atomic E-state index is 11.7. The summed E-state index contributed by atoms with van der Waals surface area (Å²) >= 11 is 0. The Morgan fingerprint density at radius 1 is 1.23 bits per heavy atom. The van der Waals surface area contributed by atoms with Gasteiger partial charge in [-0.3, -0.25) is 0 Å². The van der Waals surface area contributed by atoms with Crippen LogP contribution >= 0.6 is 0 Å². The van der Waals surface area contributed by atoms with Crippen molar-refractivity contribution in [2.24, 2.45) is 0 Å². The van der Waals surface area contributed by atoms with E-state index < -0.39 is 0 Å². The molecule has 2 aromatic rings. The fourth-order valence-corrected chi connectivity index (χ4v) is 2.75. The maximum Gasteiger partial charge on any atom is 0.315 e. The van der Waals surface area contributed by atoms with Crippen molar-refractivity contribution in [1.29, 1.82) is 0 Å². The van der Waals surface area contributed by atoms with Crippen molar-refractivity contribution in [2.75, 3.05) is 6.54 Å². The fraction of sp³-hybridized carbons (Fsp3) is 0.412. The summed E-state index contributed by atoms with van der Waals surface area (Å²) in [7, 11) is 0. The van der Waals surface area contributed by atoms with Gasteiger partial charge < -0.3 is 15.1 Å². The summed E-state index contributed by atoms with van der Waals surface area (Å²) in [6.45, 7) is 0.555. The molecule has 5 nitrogen and oxygen atoms in total. The Kier molecular flexibility index (Phi) is 4.73. The third-order valence-electron chi connectivity index (χ3n) is 3.93. The molecule has 0 bridgehead atoms. The van der Waals surface area contributed by atoms with Crippen molar-refractivity contribution >= 4 is 6.03 Å². The summed E-state index contributed by atoms with van der Waals surface area (Å²) in [6.07, 6.45) is 6.93. The predicted molar refractivity (Wildman–Crippen MR) is 84.4 cm³/mol. The molecule has 1 saturated carbocycles. The third-order valence-corrected chi connectivity index (χ3v) is 3.93. The lowest BCUT2D eigenvalue weighted by atomic mass is 10.2. The van der Waals surface area contributed by atoms with Gasteiger partial charge in [-0.2, -0.15) is 0 Å². The Labute approximate surface area is 130 Å². The Hall–Kier alpha value is -2.30. The molecule has 2 amide bonds. The zero-order chi connectivity index (χ0) is 15.2. The van der Waals surface area contributed by atoms with Crippen molar-refractivity contribution in [3.63, 3.8) is 0 Å². The first-order valence-electron chi connectivity index (χ1n) is 7.85. The van der Waals surface area contributed by atoms with Crippen LogP contribution in [-0.4, -0.2) is 23.6 Å². The Morgan fingerprint density at radius 3 is 2.77 bits per heavy atom. The number of oxazole rings is 1. The zero-order valence-electron chi connectivity index (χ0n) is 12.5.